The molecule has 0 fully saturated rings. The Morgan fingerprint density at radius 3 is 2.65 bits per heavy atom. The molecule has 0 aromatic heterocycles. The van der Waals surface area contributed by atoms with Crippen molar-refractivity contribution in [2.75, 3.05) is 11.9 Å². The molecule has 0 saturated carbocycles. The van der Waals surface area contributed by atoms with Crippen molar-refractivity contribution in [3.8, 4) is 5.75 Å². The standard InChI is InChI=1S/C14H20N2O4/c1-3-9(2)13(15)14(19)16-10-6-4-5-7-11(10)20-8-12(17)18/h4-7,9,13H,3,8,15H2,1-2H3,(H,16,19)(H,17,18)/t9?,13-/m0/s1. The van der Waals surface area contributed by atoms with Crippen LogP contribution in [0, 0.1) is 5.92 Å². The molecule has 1 unspecified atom stereocenters. The smallest absolute Gasteiger partial charge is 0.341 e. The molecule has 0 saturated heterocycles. The van der Waals surface area contributed by atoms with Crippen LogP contribution in [0.1, 0.15) is 20.3 Å². The number of aliphatic carboxylic acids is 1. The van der Waals surface area contributed by atoms with Gasteiger partial charge in [-0.1, -0.05) is 32.4 Å². The molecule has 20 heavy (non-hydrogen) atoms. The lowest BCUT2D eigenvalue weighted by molar-refractivity contribution is -0.139. The summed E-state index contributed by atoms with van der Waals surface area (Å²) >= 11 is 0. The second-order valence-corrected chi connectivity index (χ2v) is 4.58. The molecule has 1 rings (SSSR count). The number of benzene rings is 1. The Morgan fingerprint density at radius 2 is 2.05 bits per heavy atom. The van der Waals surface area contributed by atoms with Gasteiger partial charge in [0.2, 0.25) is 5.91 Å². The van der Waals surface area contributed by atoms with Crippen LogP contribution in [-0.2, 0) is 9.59 Å². The van der Waals surface area contributed by atoms with Gasteiger partial charge < -0.3 is 20.9 Å². The molecule has 0 heterocycles. The predicted octanol–water partition coefficient (Wildman–Crippen LogP) is 1.46. The Labute approximate surface area is 117 Å². The summed E-state index contributed by atoms with van der Waals surface area (Å²) in [6.07, 6.45) is 0.797. The summed E-state index contributed by atoms with van der Waals surface area (Å²) in [5, 5.41) is 11.3. The summed E-state index contributed by atoms with van der Waals surface area (Å²) in [4.78, 5) is 22.5. The molecule has 0 aliphatic carbocycles. The summed E-state index contributed by atoms with van der Waals surface area (Å²) in [7, 11) is 0. The average Bonchev–Trinajstić information content (AvgIpc) is 2.44. The monoisotopic (exact) mass is 280 g/mol. The first-order chi connectivity index (χ1) is 9.45. The maximum Gasteiger partial charge on any atom is 0.341 e. The second kappa shape index (κ2) is 7.49. The van der Waals surface area contributed by atoms with Crippen LogP contribution in [0.15, 0.2) is 24.3 Å². The summed E-state index contributed by atoms with van der Waals surface area (Å²) in [5.41, 5.74) is 6.26. The fourth-order valence-corrected chi connectivity index (χ4v) is 1.56. The number of hydrogen-bond acceptors (Lipinski definition) is 4. The lowest BCUT2D eigenvalue weighted by Gasteiger charge is -2.18. The highest BCUT2D eigenvalue weighted by Gasteiger charge is 2.20. The molecule has 1 aromatic carbocycles. The fraction of sp³-hybridized carbons (Fsp3) is 0.429. The quantitative estimate of drug-likeness (QED) is 0.702. The minimum Gasteiger partial charge on any atom is -0.480 e. The van der Waals surface area contributed by atoms with Gasteiger partial charge in [0.15, 0.2) is 6.61 Å². The van der Waals surface area contributed by atoms with Gasteiger partial charge in [-0.25, -0.2) is 4.79 Å². The van der Waals surface area contributed by atoms with Gasteiger partial charge in [0.25, 0.3) is 0 Å². The third-order valence-corrected chi connectivity index (χ3v) is 3.06. The SMILES string of the molecule is CCC(C)[C@H](N)C(=O)Nc1ccccc1OCC(=O)O. The Bertz CT molecular complexity index is 476. The van der Waals surface area contributed by atoms with Crippen LogP contribution >= 0.6 is 0 Å². The van der Waals surface area contributed by atoms with E-state index in [-0.39, 0.29) is 11.8 Å². The van der Waals surface area contributed by atoms with Gasteiger partial charge in [-0.3, -0.25) is 4.79 Å². The Hall–Kier alpha value is -2.08. The third kappa shape index (κ3) is 4.55. The Morgan fingerprint density at radius 1 is 1.40 bits per heavy atom. The van der Waals surface area contributed by atoms with Gasteiger partial charge >= 0.3 is 5.97 Å². The van der Waals surface area contributed by atoms with Crippen molar-refractivity contribution < 1.29 is 19.4 Å². The number of nitrogens with two attached hydrogens (primary N) is 1. The van der Waals surface area contributed by atoms with Crippen LogP contribution in [-0.4, -0.2) is 29.6 Å². The number of para-hydroxylation sites is 2. The first-order valence-electron chi connectivity index (χ1n) is 6.45. The number of carbonyl (C=O) groups excluding carboxylic acids is 1. The molecule has 4 N–H and O–H groups in total. The topological polar surface area (TPSA) is 102 Å². The van der Waals surface area contributed by atoms with Gasteiger partial charge in [0.05, 0.1) is 11.7 Å². The number of carboxylic acids is 1. The van der Waals surface area contributed by atoms with E-state index in [4.69, 9.17) is 15.6 Å². The van der Waals surface area contributed by atoms with Crippen molar-refractivity contribution in [1.82, 2.24) is 0 Å². The summed E-state index contributed by atoms with van der Waals surface area (Å²) in [6, 6.07) is 6.03. The second-order valence-electron chi connectivity index (χ2n) is 4.58. The average molecular weight is 280 g/mol. The maximum absolute atomic E-state index is 12.0. The van der Waals surface area contributed by atoms with Crippen molar-refractivity contribution in [1.29, 1.82) is 0 Å². The molecule has 0 aliphatic rings. The number of carboxylic acid groups (broad SMARTS) is 1. The Balaban J connectivity index is 2.76. The number of rotatable bonds is 7. The van der Waals surface area contributed by atoms with Gasteiger partial charge in [-0.15, -0.1) is 0 Å². The maximum atomic E-state index is 12.0. The van der Waals surface area contributed by atoms with Crippen LogP contribution in [0.25, 0.3) is 0 Å². The van der Waals surface area contributed by atoms with Crippen molar-refractivity contribution in [2.45, 2.75) is 26.3 Å². The van der Waals surface area contributed by atoms with Crippen LogP contribution in [0.2, 0.25) is 0 Å². The van der Waals surface area contributed by atoms with Gasteiger partial charge in [0.1, 0.15) is 5.75 Å². The van der Waals surface area contributed by atoms with Crippen LogP contribution in [0.4, 0.5) is 5.69 Å². The molecular formula is C14H20N2O4. The van der Waals surface area contributed by atoms with E-state index in [1.165, 1.54) is 0 Å². The third-order valence-electron chi connectivity index (χ3n) is 3.06. The molecule has 0 bridgehead atoms. The molecule has 1 aromatic rings. The molecule has 1 amide bonds. The highest BCUT2D eigenvalue weighted by atomic mass is 16.5. The Kier molecular flexibility index (Phi) is 5.99. The van der Waals surface area contributed by atoms with Crippen molar-refractivity contribution in [3.05, 3.63) is 24.3 Å². The summed E-state index contributed by atoms with van der Waals surface area (Å²) < 4.78 is 5.11. The van der Waals surface area contributed by atoms with Crippen LogP contribution < -0.4 is 15.8 Å². The minimum atomic E-state index is -1.08. The number of nitrogens with one attached hydrogen (secondary N) is 1. The van der Waals surface area contributed by atoms with Crippen LogP contribution in [0.3, 0.4) is 0 Å². The van der Waals surface area contributed by atoms with Gasteiger partial charge in [-0.2, -0.15) is 0 Å². The molecule has 0 aliphatic heterocycles. The number of anilines is 1. The van der Waals surface area contributed by atoms with E-state index in [2.05, 4.69) is 5.32 Å². The zero-order chi connectivity index (χ0) is 15.1. The number of amides is 1. The molecule has 6 nitrogen and oxygen atoms in total. The van der Waals surface area contributed by atoms with Crippen molar-refractivity contribution >= 4 is 17.6 Å². The number of ether oxygens (including phenoxy) is 1. The normalized spacial score (nSPS) is 13.3. The first kappa shape index (κ1) is 16.0. The first-order valence-corrected chi connectivity index (χ1v) is 6.45. The lowest BCUT2D eigenvalue weighted by atomic mass is 9.99. The van der Waals surface area contributed by atoms with Crippen LogP contribution in [0.5, 0.6) is 5.75 Å². The van der Waals surface area contributed by atoms with E-state index in [9.17, 15) is 9.59 Å². The fourth-order valence-electron chi connectivity index (χ4n) is 1.56. The number of carbonyl (C=O) groups is 2. The van der Waals surface area contributed by atoms with Gasteiger partial charge in [0, 0.05) is 0 Å². The number of hydrogen-bond donors (Lipinski definition) is 3. The minimum absolute atomic E-state index is 0.0575. The molecule has 0 radical (unpaired) electrons. The summed E-state index contributed by atoms with van der Waals surface area (Å²) in [6.45, 7) is 3.39. The molecule has 2 atom stereocenters. The van der Waals surface area contributed by atoms with E-state index in [0.717, 1.165) is 6.42 Å². The van der Waals surface area contributed by atoms with E-state index >= 15 is 0 Å². The highest BCUT2D eigenvalue weighted by Crippen LogP contribution is 2.24. The van der Waals surface area contributed by atoms with E-state index in [1.807, 2.05) is 13.8 Å². The van der Waals surface area contributed by atoms with Crippen molar-refractivity contribution in [2.24, 2.45) is 11.7 Å². The predicted molar refractivity (Wildman–Crippen MR) is 75.6 cm³/mol. The zero-order valence-corrected chi connectivity index (χ0v) is 11.6. The largest absolute Gasteiger partial charge is 0.480 e. The highest BCUT2D eigenvalue weighted by molar-refractivity contribution is 5.96. The zero-order valence-electron chi connectivity index (χ0n) is 11.6. The van der Waals surface area contributed by atoms with E-state index < -0.39 is 18.6 Å². The van der Waals surface area contributed by atoms with Gasteiger partial charge in [-0.05, 0) is 18.1 Å². The molecular weight excluding hydrogens is 260 g/mol. The molecule has 0 spiro atoms. The molecule has 110 valence electrons. The van der Waals surface area contributed by atoms with E-state index in [1.54, 1.807) is 24.3 Å². The van der Waals surface area contributed by atoms with E-state index in [0.29, 0.717) is 11.4 Å². The van der Waals surface area contributed by atoms with Crippen molar-refractivity contribution in [3.63, 3.8) is 0 Å². The molecule has 6 heteroatoms. The summed E-state index contributed by atoms with van der Waals surface area (Å²) in [5.74, 6) is -1.03. The lowest BCUT2D eigenvalue weighted by Crippen LogP contribution is -2.40.